The second-order valence-corrected chi connectivity index (χ2v) is 7.67. The summed E-state index contributed by atoms with van der Waals surface area (Å²) in [6, 6.07) is 21.0. The predicted octanol–water partition coefficient (Wildman–Crippen LogP) is 3.75. The fraction of sp³-hybridized carbons (Fsp3) is 0.0417. The molecule has 1 amide bonds. The van der Waals surface area contributed by atoms with E-state index in [2.05, 4.69) is 21.2 Å². The highest BCUT2D eigenvalue weighted by Crippen LogP contribution is 2.35. The van der Waals surface area contributed by atoms with Crippen LogP contribution in [0.3, 0.4) is 0 Å². The molecule has 0 aliphatic heterocycles. The molecule has 170 valence electrons. The van der Waals surface area contributed by atoms with E-state index in [0.717, 1.165) is 10.8 Å². The van der Waals surface area contributed by atoms with E-state index in [4.69, 9.17) is 12.2 Å². The number of aromatic nitrogens is 1. The maximum Gasteiger partial charge on any atom is 0.269 e. The number of phenols is 1. The number of nitrogens with zero attached hydrogens (tertiary/aromatic N) is 2. The molecule has 0 radical (unpaired) electrons. The Labute approximate surface area is 199 Å². The van der Waals surface area contributed by atoms with Crippen LogP contribution in [0.25, 0.3) is 10.8 Å². The Hall–Kier alpha value is -4.57. The van der Waals surface area contributed by atoms with Crippen LogP contribution >= 0.6 is 12.2 Å². The van der Waals surface area contributed by atoms with E-state index in [0.29, 0.717) is 11.3 Å². The van der Waals surface area contributed by atoms with Crippen molar-refractivity contribution in [2.45, 2.75) is 6.04 Å². The number of rotatable bonds is 5. The predicted molar refractivity (Wildman–Crippen MR) is 131 cm³/mol. The Morgan fingerprint density at radius 3 is 2.41 bits per heavy atom. The first kappa shape index (κ1) is 22.6. The zero-order valence-corrected chi connectivity index (χ0v) is 18.5. The van der Waals surface area contributed by atoms with E-state index in [1.54, 1.807) is 24.4 Å². The Bertz CT molecular complexity index is 1360. The van der Waals surface area contributed by atoms with Crippen molar-refractivity contribution in [3.8, 4) is 5.75 Å². The normalized spacial score (nSPS) is 11.4. The van der Waals surface area contributed by atoms with Gasteiger partial charge in [0, 0.05) is 29.5 Å². The second-order valence-electron chi connectivity index (χ2n) is 7.26. The number of non-ortho nitro benzene ring substituents is 1. The van der Waals surface area contributed by atoms with Crippen LogP contribution in [0.1, 0.15) is 27.7 Å². The molecular weight excluding hydrogens is 454 g/mol. The number of carbonyl (C=O) groups excluding carboxylic acids is 1. The third-order valence-electron chi connectivity index (χ3n) is 5.13. The standard InChI is InChI=1S/C24H19N5O4S/c30-20-13-10-15-5-1-2-6-18(15)21(20)22(19-7-3-4-14-25-19)26-24(34)28-27-23(31)16-8-11-17(12-9-16)29(32)33/h1-14,22,30H,(H,27,31)(H2,26,28,34). The number of pyridine rings is 1. The minimum atomic E-state index is -0.622. The first-order valence-corrected chi connectivity index (χ1v) is 10.6. The van der Waals surface area contributed by atoms with E-state index in [9.17, 15) is 20.0 Å². The molecule has 1 aromatic heterocycles. The summed E-state index contributed by atoms with van der Waals surface area (Å²) in [6.07, 6.45) is 1.64. The van der Waals surface area contributed by atoms with Crippen molar-refractivity contribution in [3.05, 3.63) is 112 Å². The number of carbonyl (C=O) groups is 1. The monoisotopic (exact) mass is 473 g/mol. The lowest BCUT2D eigenvalue weighted by molar-refractivity contribution is -0.384. The van der Waals surface area contributed by atoms with Gasteiger partial charge in [0.2, 0.25) is 0 Å². The highest BCUT2D eigenvalue weighted by molar-refractivity contribution is 7.80. The molecule has 1 atom stereocenters. The van der Waals surface area contributed by atoms with Gasteiger partial charge in [0.15, 0.2) is 5.11 Å². The van der Waals surface area contributed by atoms with Crippen molar-refractivity contribution < 1.29 is 14.8 Å². The van der Waals surface area contributed by atoms with Crippen molar-refractivity contribution in [2.75, 3.05) is 0 Å². The summed E-state index contributed by atoms with van der Waals surface area (Å²) in [6.45, 7) is 0. The molecule has 1 unspecified atom stereocenters. The summed E-state index contributed by atoms with van der Waals surface area (Å²) in [7, 11) is 0. The minimum absolute atomic E-state index is 0.0690. The molecule has 0 aliphatic rings. The molecule has 4 aromatic rings. The number of hydrogen-bond donors (Lipinski definition) is 4. The number of amides is 1. The fourth-order valence-electron chi connectivity index (χ4n) is 3.52. The van der Waals surface area contributed by atoms with E-state index < -0.39 is 16.9 Å². The number of fused-ring (bicyclic) bond motifs is 1. The first-order chi connectivity index (χ1) is 16.4. The maximum atomic E-state index is 12.4. The number of benzene rings is 3. The highest BCUT2D eigenvalue weighted by atomic mass is 32.1. The molecule has 0 bridgehead atoms. The number of nitro groups is 1. The quantitative estimate of drug-likeness (QED) is 0.196. The Morgan fingerprint density at radius 2 is 1.71 bits per heavy atom. The smallest absolute Gasteiger partial charge is 0.269 e. The van der Waals surface area contributed by atoms with Crippen LogP contribution < -0.4 is 16.2 Å². The molecule has 4 rings (SSSR count). The molecular formula is C24H19N5O4S. The van der Waals surface area contributed by atoms with E-state index in [1.165, 1.54) is 24.3 Å². The first-order valence-electron chi connectivity index (χ1n) is 10.2. The molecule has 3 aromatic carbocycles. The van der Waals surface area contributed by atoms with Gasteiger partial charge in [0.1, 0.15) is 11.8 Å². The van der Waals surface area contributed by atoms with Crippen molar-refractivity contribution >= 4 is 39.7 Å². The molecule has 0 aliphatic carbocycles. The number of hydrazine groups is 1. The number of thiocarbonyl (C=S) groups is 1. The lowest BCUT2D eigenvalue weighted by atomic mass is 9.95. The van der Waals surface area contributed by atoms with Crippen molar-refractivity contribution in [1.29, 1.82) is 0 Å². The van der Waals surface area contributed by atoms with Crippen LogP contribution in [0.5, 0.6) is 5.75 Å². The fourth-order valence-corrected chi connectivity index (χ4v) is 3.68. The van der Waals surface area contributed by atoms with Crippen LogP contribution in [0, 0.1) is 10.1 Å². The van der Waals surface area contributed by atoms with Gasteiger partial charge < -0.3 is 10.4 Å². The molecule has 1 heterocycles. The summed E-state index contributed by atoms with van der Waals surface area (Å²) in [5, 5.41) is 26.5. The van der Waals surface area contributed by atoms with Crippen molar-refractivity contribution in [2.24, 2.45) is 0 Å². The SMILES string of the molecule is O=C(NNC(=S)NC(c1ccccn1)c1c(O)ccc2ccccc12)c1ccc([N+](=O)[O-])cc1. The number of nitro benzene ring substituents is 1. The number of hydrogen-bond acceptors (Lipinski definition) is 6. The Balaban J connectivity index is 1.55. The van der Waals surface area contributed by atoms with E-state index in [-0.39, 0.29) is 22.1 Å². The summed E-state index contributed by atoms with van der Waals surface area (Å²) in [5.41, 5.74) is 6.39. The lowest BCUT2D eigenvalue weighted by Crippen LogP contribution is -2.48. The van der Waals surface area contributed by atoms with Gasteiger partial charge in [0.25, 0.3) is 11.6 Å². The molecule has 0 spiro atoms. The average molecular weight is 474 g/mol. The second kappa shape index (κ2) is 9.92. The number of phenolic OH excluding ortho intramolecular Hbond substituents is 1. The summed E-state index contributed by atoms with van der Waals surface area (Å²) < 4.78 is 0. The van der Waals surface area contributed by atoms with Gasteiger partial charge in [-0.1, -0.05) is 36.4 Å². The molecule has 0 saturated carbocycles. The van der Waals surface area contributed by atoms with Gasteiger partial charge in [-0.15, -0.1) is 0 Å². The van der Waals surface area contributed by atoms with Crippen LogP contribution in [-0.4, -0.2) is 26.0 Å². The third kappa shape index (κ3) is 4.92. The summed E-state index contributed by atoms with van der Waals surface area (Å²) >= 11 is 5.38. The largest absolute Gasteiger partial charge is 0.508 e. The Morgan fingerprint density at radius 1 is 0.971 bits per heavy atom. The minimum Gasteiger partial charge on any atom is -0.508 e. The lowest BCUT2D eigenvalue weighted by Gasteiger charge is -2.23. The zero-order valence-electron chi connectivity index (χ0n) is 17.6. The van der Waals surface area contributed by atoms with E-state index >= 15 is 0 Å². The molecule has 4 N–H and O–H groups in total. The topological polar surface area (TPSA) is 129 Å². The van der Waals surface area contributed by atoms with Crippen LogP contribution in [0.2, 0.25) is 0 Å². The average Bonchev–Trinajstić information content (AvgIpc) is 2.86. The molecule has 0 fully saturated rings. The van der Waals surface area contributed by atoms with Crippen molar-refractivity contribution in [1.82, 2.24) is 21.2 Å². The molecule has 34 heavy (non-hydrogen) atoms. The van der Waals surface area contributed by atoms with Gasteiger partial charge >= 0.3 is 0 Å². The third-order valence-corrected chi connectivity index (χ3v) is 5.35. The molecule has 0 saturated heterocycles. The van der Waals surface area contributed by atoms with Gasteiger partial charge in [-0.25, -0.2) is 0 Å². The zero-order chi connectivity index (χ0) is 24.1. The van der Waals surface area contributed by atoms with Gasteiger partial charge in [0.05, 0.1) is 10.6 Å². The van der Waals surface area contributed by atoms with Crippen LogP contribution in [0.15, 0.2) is 85.1 Å². The molecule has 9 nitrogen and oxygen atoms in total. The number of nitrogens with one attached hydrogen (secondary N) is 3. The van der Waals surface area contributed by atoms with Gasteiger partial charge in [-0.05, 0) is 53.3 Å². The summed E-state index contributed by atoms with van der Waals surface area (Å²) in [4.78, 5) is 27.1. The van der Waals surface area contributed by atoms with Crippen LogP contribution in [0.4, 0.5) is 5.69 Å². The van der Waals surface area contributed by atoms with E-state index in [1.807, 2.05) is 36.4 Å². The maximum absolute atomic E-state index is 12.4. The Kier molecular flexibility index (Phi) is 6.60. The number of aromatic hydroxyl groups is 1. The van der Waals surface area contributed by atoms with Crippen molar-refractivity contribution in [3.63, 3.8) is 0 Å². The molecule has 10 heteroatoms. The van der Waals surface area contributed by atoms with Gasteiger partial charge in [-0.2, -0.15) is 0 Å². The van der Waals surface area contributed by atoms with Crippen LogP contribution in [-0.2, 0) is 0 Å². The highest BCUT2D eigenvalue weighted by Gasteiger charge is 2.22. The summed E-state index contributed by atoms with van der Waals surface area (Å²) in [5.74, 6) is -0.457. The van der Waals surface area contributed by atoms with Gasteiger partial charge in [-0.3, -0.25) is 30.7 Å².